The number of rotatable bonds is 5. The Hall–Kier alpha value is -3.35. The Kier molecular flexibility index (Phi) is 4.56. The first-order valence-electron chi connectivity index (χ1n) is 9.14. The number of benzene rings is 2. The third-order valence-electron chi connectivity index (χ3n) is 5.47. The quantitative estimate of drug-likeness (QED) is 0.536. The second kappa shape index (κ2) is 6.86. The number of carbonyl (C=O) groups is 2. The molecule has 2 aliphatic rings. The van der Waals surface area contributed by atoms with Gasteiger partial charge in [-0.25, -0.2) is 0 Å². The molecular formula is C23H17F3O4. The first-order valence-corrected chi connectivity index (χ1v) is 9.14. The number of hydrogen-bond donors (Lipinski definition) is 0. The van der Waals surface area contributed by atoms with Crippen molar-refractivity contribution in [2.75, 3.05) is 14.2 Å². The number of ether oxygens (including phenoxy) is 2. The lowest BCUT2D eigenvalue weighted by atomic mass is 9.93. The van der Waals surface area contributed by atoms with Crippen LogP contribution in [0.2, 0.25) is 0 Å². The first kappa shape index (κ1) is 19.9. The fourth-order valence-corrected chi connectivity index (χ4v) is 4.18. The highest BCUT2D eigenvalue weighted by Crippen LogP contribution is 2.72. The lowest BCUT2D eigenvalue weighted by Crippen LogP contribution is -2.33. The Morgan fingerprint density at radius 1 is 0.833 bits per heavy atom. The average Bonchev–Trinajstić information content (AvgIpc) is 3.64. The van der Waals surface area contributed by atoms with E-state index in [1.807, 2.05) is 0 Å². The van der Waals surface area contributed by atoms with Crippen molar-refractivity contribution in [1.29, 1.82) is 0 Å². The molecule has 7 heteroatoms. The Morgan fingerprint density at radius 3 is 1.80 bits per heavy atom. The van der Waals surface area contributed by atoms with Gasteiger partial charge in [-0.1, -0.05) is 60.7 Å². The number of methoxy groups -OCH3 is 2. The second-order valence-electron chi connectivity index (χ2n) is 7.02. The summed E-state index contributed by atoms with van der Waals surface area (Å²) < 4.78 is 51.2. The summed E-state index contributed by atoms with van der Waals surface area (Å²) in [6, 6.07) is 16.5. The molecule has 0 saturated heterocycles. The van der Waals surface area contributed by atoms with Crippen LogP contribution in [0.1, 0.15) is 17.0 Å². The van der Waals surface area contributed by atoms with Crippen LogP contribution in [0.5, 0.6) is 0 Å². The van der Waals surface area contributed by atoms with Gasteiger partial charge in [-0.15, -0.1) is 0 Å². The Labute approximate surface area is 170 Å². The molecule has 2 aromatic rings. The van der Waals surface area contributed by atoms with E-state index >= 15 is 0 Å². The lowest BCUT2D eigenvalue weighted by Gasteiger charge is -2.15. The van der Waals surface area contributed by atoms with Crippen LogP contribution in [0.25, 0.3) is 5.57 Å². The van der Waals surface area contributed by atoms with Crippen molar-refractivity contribution in [2.45, 2.75) is 12.1 Å². The Balaban J connectivity index is 1.92. The highest BCUT2D eigenvalue weighted by Gasteiger charge is 2.73. The molecule has 0 aliphatic heterocycles. The molecule has 2 aromatic carbocycles. The zero-order valence-electron chi connectivity index (χ0n) is 16.1. The maximum absolute atomic E-state index is 13.8. The molecule has 0 bridgehead atoms. The maximum atomic E-state index is 13.8. The number of allylic oxidation sites excluding steroid dienone is 2. The predicted octanol–water partition coefficient (Wildman–Crippen LogP) is 4.44. The maximum Gasteiger partial charge on any atom is 0.413 e. The minimum absolute atomic E-state index is 0.0218. The summed E-state index contributed by atoms with van der Waals surface area (Å²) in [7, 11) is 2.18. The van der Waals surface area contributed by atoms with Crippen molar-refractivity contribution in [1.82, 2.24) is 0 Å². The van der Waals surface area contributed by atoms with Gasteiger partial charge in [0.15, 0.2) is 0 Å². The molecule has 0 spiro atoms. The second-order valence-corrected chi connectivity index (χ2v) is 7.02. The molecule has 0 N–H and O–H groups in total. The third kappa shape index (κ3) is 2.76. The van der Waals surface area contributed by atoms with Gasteiger partial charge in [-0.2, -0.15) is 13.2 Å². The molecule has 30 heavy (non-hydrogen) atoms. The fraction of sp³-hybridized carbons (Fsp3) is 0.217. The lowest BCUT2D eigenvalue weighted by molar-refractivity contribution is -0.159. The van der Waals surface area contributed by atoms with Crippen molar-refractivity contribution >= 4 is 17.5 Å². The van der Waals surface area contributed by atoms with Crippen LogP contribution >= 0.6 is 0 Å². The Morgan fingerprint density at radius 2 is 1.33 bits per heavy atom. The standard InChI is InChI=1S/C23H17F3O4/c1-29-20(27)22(21(28)30-2)17(14-11-7-4-8-12-14)19(22)16-15(18(16)23(24,25)26)13-9-5-3-6-10-13/h3-12,15H,1-2H3. The highest BCUT2D eigenvalue weighted by atomic mass is 19.4. The minimum atomic E-state index is -4.61. The van der Waals surface area contributed by atoms with E-state index in [4.69, 9.17) is 9.47 Å². The van der Waals surface area contributed by atoms with Crippen molar-refractivity contribution in [3.63, 3.8) is 0 Å². The molecule has 1 atom stereocenters. The summed E-state index contributed by atoms with van der Waals surface area (Å²) in [6.45, 7) is 0. The van der Waals surface area contributed by atoms with Gasteiger partial charge in [0.05, 0.1) is 14.2 Å². The van der Waals surface area contributed by atoms with E-state index in [0.29, 0.717) is 11.1 Å². The SMILES string of the molecule is COC(=O)C1(C(=O)OC)C(C2=C(C(F)(F)F)C2c2ccccc2)=C1c1ccccc1. The molecule has 0 radical (unpaired) electrons. The van der Waals surface area contributed by atoms with E-state index in [1.165, 1.54) is 0 Å². The van der Waals surface area contributed by atoms with Gasteiger partial charge in [0.1, 0.15) is 0 Å². The number of esters is 2. The number of carbonyl (C=O) groups excluding carboxylic acids is 2. The van der Waals surface area contributed by atoms with E-state index < -0.39 is 35.0 Å². The van der Waals surface area contributed by atoms with E-state index in [-0.39, 0.29) is 16.7 Å². The van der Waals surface area contributed by atoms with Gasteiger partial charge in [0.2, 0.25) is 5.41 Å². The topological polar surface area (TPSA) is 52.6 Å². The minimum Gasteiger partial charge on any atom is -0.468 e. The van der Waals surface area contributed by atoms with Gasteiger partial charge in [-0.05, 0) is 27.8 Å². The predicted molar refractivity (Wildman–Crippen MR) is 102 cm³/mol. The molecule has 2 aliphatic carbocycles. The van der Waals surface area contributed by atoms with E-state index in [1.54, 1.807) is 60.7 Å². The number of alkyl halides is 3. The average molecular weight is 414 g/mol. The van der Waals surface area contributed by atoms with E-state index in [9.17, 15) is 22.8 Å². The molecule has 4 rings (SSSR count). The van der Waals surface area contributed by atoms with Crippen LogP contribution in [0.3, 0.4) is 0 Å². The van der Waals surface area contributed by atoms with Crippen LogP contribution < -0.4 is 0 Å². The van der Waals surface area contributed by atoms with Crippen molar-refractivity contribution in [3.05, 3.63) is 88.5 Å². The van der Waals surface area contributed by atoms with Gasteiger partial charge >= 0.3 is 18.1 Å². The van der Waals surface area contributed by atoms with E-state index in [0.717, 1.165) is 14.2 Å². The summed E-state index contributed by atoms with van der Waals surface area (Å²) in [5, 5.41) is 0. The summed E-state index contributed by atoms with van der Waals surface area (Å²) in [4.78, 5) is 25.5. The van der Waals surface area contributed by atoms with Crippen LogP contribution in [-0.2, 0) is 19.1 Å². The zero-order valence-corrected chi connectivity index (χ0v) is 16.1. The smallest absolute Gasteiger partial charge is 0.413 e. The fourth-order valence-electron chi connectivity index (χ4n) is 4.18. The summed E-state index contributed by atoms with van der Waals surface area (Å²) in [6.07, 6.45) is -4.61. The molecule has 0 saturated carbocycles. The summed E-state index contributed by atoms with van der Waals surface area (Å²) in [5.41, 5.74) is -1.70. The van der Waals surface area contributed by atoms with Crippen molar-refractivity contribution < 1.29 is 32.2 Å². The molecule has 0 amide bonds. The molecule has 154 valence electrons. The zero-order chi connectivity index (χ0) is 21.7. The van der Waals surface area contributed by atoms with Gasteiger partial charge in [-0.3, -0.25) is 9.59 Å². The molecule has 0 fully saturated rings. The van der Waals surface area contributed by atoms with Crippen LogP contribution in [0.4, 0.5) is 13.2 Å². The normalized spacial score (nSPS) is 19.4. The van der Waals surface area contributed by atoms with Crippen molar-refractivity contribution in [2.24, 2.45) is 5.41 Å². The van der Waals surface area contributed by atoms with Gasteiger partial charge < -0.3 is 9.47 Å². The molecule has 0 aromatic heterocycles. The monoisotopic (exact) mass is 414 g/mol. The van der Waals surface area contributed by atoms with Gasteiger partial charge in [0, 0.05) is 11.5 Å². The van der Waals surface area contributed by atoms with Gasteiger partial charge in [0.25, 0.3) is 0 Å². The summed E-state index contributed by atoms with van der Waals surface area (Å²) >= 11 is 0. The molecule has 4 nitrogen and oxygen atoms in total. The van der Waals surface area contributed by atoms with Crippen LogP contribution in [0, 0.1) is 5.41 Å². The Bertz CT molecular complexity index is 1070. The molecule has 1 unspecified atom stereocenters. The molecular weight excluding hydrogens is 397 g/mol. The van der Waals surface area contributed by atoms with Crippen molar-refractivity contribution in [3.8, 4) is 0 Å². The first-order chi connectivity index (χ1) is 14.3. The molecule has 0 heterocycles. The van der Waals surface area contributed by atoms with Crippen LogP contribution in [0.15, 0.2) is 77.4 Å². The number of hydrogen-bond acceptors (Lipinski definition) is 4. The summed E-state index contributed by atoms with van der Waals surface area (Å²) in [5.74, 6) is -2.97. The van der Waals surface area contributed by atoms with E-state index in [2.05, 4.69) is 0 Å². The largest absolute Gasteiger partial charge is 0.468 e. The van der Waals surface area contributed by atoms with Crippen LogP contribution in [-0.4, -0.2) is 32.3 Å². The third-order valence-corrected chi connectivity index (χ3v) is 5.47. The highest BCUT2D eigenvalue weighted by molar-refractivity contribution is 6.27. The number of halogens is 3.